The Hall–Kier alpha value is -0.920. The van der Waals surface area contributed by atoms with Gasteiger partial charge in [0, 0.05) is 19.3 Å². The Morgan fingerprint density at radius 1 is 1.50 bits per heavy atom. The fraction of sp³-hybridized carbons (Fsp3) is 0.727. The molecule has 0 spiro atoms. The molecule has 0 atom stereocenters. The summed E-state index contributed by atoms with van der Waals surface area (Å²) in [6.45, 7) is 1.48. The molecule has 0 radical (unpaired) electrons. The van der Waals surface area contributed by atoms with Crippen molar-refractivity contribution in [1.29, 1.82) is 0 Å². The zero-order chi connectivity index (χ0) is 13.0. The lowest BCUT2D eigenvalue weighted by molar-refractivity contribution is 0.297. The molecule has 1 aliphatic rings. The Morgan fingerprint density at radius 3 is 2.89 bits per heavy atom. The molecule has 0 bridgehead atoms. The minimum atomic E-state index is -3.41. The van der Waals surface area contributed by atoms with Crippen LogP contribution in [0.3, 0.4) is 0 Å². The maximum atomic E-state index is 11.9. The SMILES string of the molecule is NCCn1cc(S(=O)(=O)NCCC2CCC2)cn1. The third-order valence-corrected chi connectivity index (χ3v) is 4.76. The number of nitrogens with one attached hydrogen (secondary N) is 1. The molecule has 2 rings (SSSR count). The summed E-state index contributed by atoms with van der Waals surface area (Å²) in [5, 5.41) is 3.96. The molecule has 102 valence electrons. The molecule has 1 aromatic rings. The van der Waals surface area contributed by atoms with Crippen molar-refractivity contribution in [2.24, 2.45) is 11.7 Å². The summed E-state index contributed by atoms with van der Waals surface area (Å²) in [5.41, 5.74) is 5.39. The van der Waals surface area contributed by atoms with Crippen LogP contribution in [0.5, 0.6) is 0 Å². The van der Waals surface area contributed by atoms with Crippen LogP contribution >= 0.6 is 0 Å². The van der Waals surface area contributed by atoms with E-state index in [0.717, 1.165) is 6.42 Å². The van der Waals surface area contributed by atoms with Gasteiger partial charge >= 0.3 is 0 Å². The van der Waals surface area contributed by atoms with Gasteiger partial charge in [0.25, 0.3) is 0 Å². The third-order valence-electron chi connectivity index (χ3n) is 3.35. The lowest BCUT2D eigenvalue weighted by Gasteiger charge is -2.24. The van der Waals surface area contributed by atoms with E-state index in [1.54, 1.807) is 4.68 Å². The molecular weight excluding hydrogens is 252 g/mol. The first-order valence-corrected chi connectivity index (χ1v) is 7.82. The highest BCUT2D eigenvalue weighted by Gasteiger charge is 2.20. The highest BCUT2D eigenvalue weighted by Crippen LogP contribution is 2.28. The lowest BCUT2D eigenvalue weighted by atomic mass is 9.83. The minimum absolute atomic E-state index is 0.213. The van der Waals surface area contributed by atoms with E-state index in [-0.39, 0.29) is 4.90 Å². The predicted molar refractivity (Wildman–Crippen MR) is 68.4 cm³/mol. The number of aromatic nitrogens is 2. The maximum Gasteiger partial charge on any atom is 0.243 e. The third kappa shape index (κ3) is 3.30. The van der Waals surface area contributed by atoms with Crippen molar-refractivity contribution in [2.75, 3.05) is 13.1 Å². The minimum Gasteiger partial charge on any atom is -0.329 e. The standard InChI is InChI=1S/C11H20N4O2S/c12-5-7-15-9-11(8-13-15)18(16,17)14-6-4-10-2-1-3-10/h8-10,14H,1-7,12H2. The monoisotopic (exact) mass is 272 g/mol. The molecule has 1 heterocycles. The van der Waals surface area contributed by atoms with Gasteiger partial charge in [-0.3, -0.25) is 4.68 Å². The predicted octanol–water partition coefficient (Wildman–Crippen LogP) is 0.310. The molecular formula is C11H20N4O2S. The number of sulfonamides is 1. The van der Waals surface area contributed by atoms with Crippen molar-refractivity contribution >= 4 is 10.0 Å². The van der Waals surface area contributed by atoms with Crippen LogP contribution in [0.15, 0.2) is 17.3 Å². The summed E-state index contributed by atoms with van der Waals surface area (Å²) < 4.78 is 28.0. The van der Waals surface area contributed by atoms with Crippen LogP contribution in [0.2, 0.25) is 0 Å². The molecule has 0 saturated heterocycles. The van der Waals surface area contributed by atoms with Crippen LogP contribution in [0, 0.1) is 5.92 Å². The molecule has 18 heavy (non-hydrogen) atoms. The van der Waals surface area contributed by atoms with Gasteiger partial charge in [-0.15, -0.1) is 0 Å². The number of hydrogen-bond acceptors (Lipinski definition) is 4. The van der Waals surface area contributed by atoms with Crippen molar-refractivity contribution in [3.8, 4) is 0 Å². The average molecular weight is 272 g/mol. The molecule has 0 aromatic carbocycles. The number of rotatable bonds is 7. The molecule has 1 aliphatic carbocycles. The van der Waals surface area contributed by atoms with Crippen molar-refractivity contribution in [3.05, 3.63) is 12.4 Å². The van der Waals surface area contributed by atoms with E-state index in [2.05, 4.69) is 9.82 Å². The Balaban J connectivity index is 1.87. The maximum absolute atomic E-state index is 11.9. The molecule has 7 heteroatoms. The van der Waals surface area contributed by atoms with Gasteiger partial charge in [0.1, 0.15) is 4.90 Å². The molecule has 6 nitrogen and oxygen atoms in total. The van der Waals surface area contributed by atoms with E-state index in [1.807, 2.05) is 0 Å². The molecule has 0 unspecified atom stereocenters. The van der Waals surface area contributed by atoms with Gasteiger partial charge in [0.05, 0.1) is 12.7 Å². The van der Waals surface area contributed by atoms with Gasteiger partial charge in [-0.2, -0.15) is 5.10 Å². The van der Waals surface area contributed by atoms with Crippen molar-refractivity contribution < 1.29 is 8.42 Å². The smallest absolute Gasteiger partial charge is 0.243 e. The summed E-state index contributed by atoms with van der Waals surface area (Å²) in [6, 6.07) is 0. The Kier molecular flexibility index (Phi) is 4.36. The first-order valence-electron chi connectivity index (χ1n) is 6.34. The summed E-state index contributed by atoms with van der Waals surface area (Å²) in [4.78, 5) is 0.213. The van der Waals surface area contributed by atoms with E-state index in [1.165, 1.54) is 31.7 Å². The number of nitrogens with two attached hydrogens (primary N) is 1. The van der Waals surface area contributed by atoms with Crippen LogP contribution in [-0.2, 0) is 16.6 Å². The zero-order valence-corrected chi connectivity index (χ0v) is 11.2. The second-order valence-electron chi connectivity index (χ2n) is 4.71. The molecule has 1 fully saturated rings. The molecule has 1 saturated carbocycles. The van der Waals surface area contributed by atoms with Crippen molar-refractivity contribution in [3.63, 3.8) is 0 Å². The summed E-state index contributed by atoms with van der Waals surface area (Å²) in [7, 11) is -3.41. The summed E-state index contributed by atoms with van der Waals surface area (Å²) in [5.74, 6) is 0.702. The van der Waals surface area contributed by atoms with Gasteiger partial charge in [-0.05, 0) is 12.3 Å². The quantitative estimate of drug-likeness (QED) is 0.747. The summed E-state index contributed by atoms with van der Waals surface area (Å²) in [6.07, 6.45) is 7.55. The van der Waals surface area contributed by atoms with E-state index in [4.69, 9.17) is 5.73 Å². The fourth-order valence-corrected chi connectivity index (χ4v) is 3.00. The van der Waals surface area contributed by atoms with Crippen molar-refractivity contribution in [2.45, 2.75) is 37.1 Å². The van der Waals surface area contributed by atoms with Gasteiger partial charge in [-0.1, -0.05) is 19.3 Å². The highest BCUT2D eigenvalue weighted by molar-refractivity contribution is 7.89. The van der Waals surface area contributed by atoms with E-state index in [0.29, 0.717) is 25.6 Å². The number of nitrogens with zero attached hydrogens (tertiary/aromatic N) is 2. The van der Waals surface area contributed by atoms with Crippen LogP contribution in [0.1, 0.15) is 25.7 Å². The van der Waals surface area contributed by atoms with Gasteiger partial charge < -0.3 is 5.73 Å². The first-order chi connectivity index (χ1) is 8.62. The molecule has 0 aliphatic heterocycles. The molecule has 3 N–H and O–H groups in total. The lowest BCUT2D eigenvalue weighted by Crippen LogP contribution is -2.27. The van der Waals surface area contributed by atoms with E-state index >= 15 is 0 Å². The Labute approximate surface area is 108 Å². The molecule has 0 amide bonds. The van der Waals surface area contributed by atoms with Crippen LogP contribution in [-0.4, -0.2) is 31.3 Å². The normalized spacial score (nSPS) is 16.7. The second kappa shape index (κ2) is 5.81. The Bertz CT molecular complexity index is 479. The zero-order valence-electron chi connectivity index (χ0n) is 10.4. The largest absolute Gasteiger partial charge is 0.329 e. The first kappa shape index (κ1) is 13.5. The van der Waals surface area contributed by atoms with Gasteiger partial charge in [0.15, 0.2) is 0 Å². The van der Waals surface area contributed by atoms with Crippen molar-refractivity contribution in [1.82, 2.24) is 14.5 Å². The molecule has 1 aromatic heterocycles. The highest BCUT2D eigenvalue weighted by atomic mass is 32.2. The number of hydrogen-bond donors (Lipinski definition) is 2. The van der Waals surface area contributed by atoms with Crippen LogP contribution < -0.4 is 10.5 Å². The van der Waals surface area contributed by atoms with Crippen LogP contribution in [0.4, 0.5) is 0 Å². The van der Waals surface area contributed by atoms with E-state index in [9.17, 15) is 8.42 Å². The van der Waals surface area contributed by atoms with E-state index < -0.39 is 10.0 Å². The van der Waals surface area contributed by atoms with Crippen LogP contribution in [0.25, 0.3) is 0 Å². The van der Waals surface area contributed by atoms with Gasteiger partial charge in [-0.25, -0.2) is 13.1 Å². The Morgan fingerprint density at radius 2 is 2.28 bits per heavy atom. The average Bonchev–Trinajstić information content (AvgIpc) is 2.72. The second-order valence-corrected chi connectivity index (χ2v) is 6.48. The summed E-state index contributed by atoms with van der Waals surface area (Å²) >= 11 is 0. The fourth-order valence-electron chi connectivity index (χ4n) is 2.00. The van der Waals surface area contributed by atoms with Gasteiger partial charge in [0.2, 0.25) is 10.0 Å². The topological polar surface area (TPSA) is 90.0 Å².